The number of hydrogen-bond acceptors (Lipinski definition) is 7. The molecule has 2 heterocycles. The van der Waals surface area contributed by atoms with Crippen LogP contribution in [0.3, 0.4) is 0 Å². The Bertz CT molecular complexity index is 1250. The summed E-state index contributed by atoms with van der Waals surface area (Å²) in [4.78, 5) is 11.9. The number of benzene rings is 2. The Balaban J connectivity index is 1.65. The highest BCUT2D eigenvalue weighted by atomic mass is 35.5. The van der Waals surface area contributed by atoms with E-state index >= 15 is 0 Å². The molecule has 0 unspecified atom stereocenters. The van der Waals surface area contributed by atoms with Crippen molar-refractivity contribution in [3.05, 3.63) is 69.0 Å². The number of thioether (sulfide) groups is 1. The molecule has 0 amide bonds. The summed E-state index contributed by atoms with van der Waals surface area (Å²) in [6.45, 7) is 1.95. The standard InChI is InChI=1S/C20H17ClN4O3S/c1-2-11-7-15-13(8-18(27)28-17(15)9-16(11)26)10-29-20-24-23-19(25(20)22)12-3-5-14(21)6-4-12/h3-9,26H,2,10,22H2,1H3. The van der Waals surface area contributed by atoms with E-state index in [1.165, 1.54) is 28.6 Å². The molecule has 0 aliphatic carbocycles. The van der Waals surface area contributed by atoms with Crippen LogP contribution in [0, 0.1) is 0 Å². The summed E-state index contributed by atoms with van der Waals surface area (Å²) in [6, 6.07) is 11.9. The van der Waals surface area contributed by atoms with Crippen LogP contribution in [0.2, 0.25) is 5.02 Å². The highest BCUT2D eigenvalue weighted by molar-refractivity contribution is 7.98. The van der Waals surface area contributed by atoms with E-state index in [1.54, 1.807) is 12.1 Å². The molecule has 4 rings (SSSR count). The molecule has 0 fully saturated rings. The molecule has 148 valence electrons. The number of aromatic hydroxyl groups is 1. The van der Waals surface area contributed by atoms with Crippen LogP contribution >= 0.6 is 23.4 Å². The van der Waals surface area contributed by atoms with Crippen molar-refractivity contribution in [3.63, 3.8) is 0 Å². The van der Waals surface area contributed by atoms with E-state index in [-0.39, 0.29) is 5.75 Å². The second-order valence-electron chi connectivity index (χ2n) is 6.39. The Hall–Kier alpha value is -2.97. The van der Waals surface area contributed by atoms with Crippen LogP contribution in [0.25, 0.3) is 22.4 Å². The average molecular weight is 429 g/mol. The molecule has 0 saturated carbocycles. The molecule has 0 aliphatic heterocycles. The van der Waals surface area contributed by atoms with Crippen LogP contribution < -0.4 is 11.5 Å². The third-order valence-corrected chi connectivity index (χ3v) is 5.78. The predicted molar refractivity (Wildman–Crippen MR) is 114 cm³/mol. The van der Waals surface area contributed by atoms with Gasteiger partial charge in [-0.05, 0) is 47.9 Å². The largest absolute Gasteiger partial charge is 0.508 e. The van der Waals surface area contributed by atoms with E-state index in [2.05, 4.69) is 10.2 Å². The van der Waals surface area contributed by atoms with E-state index in [9.17, 15) is 9.90 Å². The predicted octanol–water partition coefficient (Wildman–Crippen LogP) is 3.98. The van der Waals surface area contributed by atoms with Crippen molar-refractivity contribution in [2.75, 3.05) is 5.84 Å². The number of hydrogen-bond donors (Lipinski definition) is 2. The zero-order chi connectivity index (χ0) is 20.5. The van der Waals surface area contributed by atoms with Crippen LogP contribution in [0.1, 0.15) is 18.1 Å². The van der Waals surface area contributed by atoms with Gasteiger partial charge in [0.1, 0.15) is 11.3 Å². The summed E-state index contributed by atoms with van der Waals surface area (Å²) < 4.78 is 6.64. The van der Waals surface area contributed by atoms with Crippen molar-refractivity contribution in [3.8, 4) is 17.1 Å². The van der Waals surface area contributed by atoms with Crippen LogP contribution in [0.5, 0.6) is 5.75 Å². The van der Waals surface area contributed by atoms with Gasteiger partial charge in [-0.25, -0.2) is 9.47 Å². The maximum Gasteiger partial charge on any atom is 0.336 e. The summed E-state index contributed by atoms with van der Waals surface area (Å²) >= 11 is 7.28. The molecule has 3 N–H and O–H groups in total. The summed E-state index contributed by atoms with van der Waals surface area (Å²) in [5.41, 5.74) is 2.22. The van der Waals surface area contributed by atoms with Crippen LogP contribution in [0.4, 0.5) is 0 Å². The van der Waals surface area contributed by atoms with Crippen molar-refractivity contribution in [2.45, 2.75) is 24.3 Å². The van der Waals surface area contributed by atoms with Gasteiger partial charge in [-0.1, -0.05) is 30.3 Å². The monoisotopic (exact) mass is 428 g/mol. The van der Waals surface area contributed by atoms with Crippen LogP contribution in [0.15, 0.2) is 56.8 Å². The Labute approximate surface area is 175 Å². The first-order valence-electron chi connectivity index (χ1n) is 8.84. The lowest BCUT2D eigenvalue weighted by atomic mass is 10.1. The van der Waals surface area contributed by atoms with E-state index in [1.807, 2.05) is 25.1 Å². The lowest BCUT2D eigenvalue weighted by Crippen LogP contribution is -2.11. The smallest absolute Gasteiger partial charge is 0.336 e. The lowest BCUT2D eigenvalue weighted by molar-refractivity contribution is 0.466. The first-order chi connectivity index (χ1) is 14.0. The molecule has 29 heavy (non-hydrogen) atoms. The highest BCUT2D eigenvalue weighted by Crippen LogP contribution is 2.31. The quantitative estimate of drug-likeness (QED) is 0.281. The normalized spacial score (nSPS) is 11.2. The Kier molecular flexibility index (Phi) is 5.21. The SMILES string of the molecule is CCc1cc2c(CSc3nnc(-c4ccc(Cl)cc4)n3N)cc(=O)oc2cc1O. The molecule has 0 atom stereocenters. The number of fused-ring (bicyclic) bond motifs is 1. The molecule has 0 aliphatic rings. The van der Waals surface area contributed by atoms with E-state index in [0.717, 1.165) is 22.1 Å². The molecule has 7 nitrogen and oxygen atoms in total. The second-order valence-corrected chi connectivity index (χ2v) is 7.77. The van der Waals surface area contributed by atoms with Gasteiger partial charge in [-0.3, -0.25) is 0 Å². The van der Waals surface area contributed by atoms with Gasteiger partial charge < -0.3 is 15.4 Å². The van der Waals surface area contributed by atoms with Crippen LogP contribution in [-0.2, 0) is 12.2 Å². The minimum atomic E-state index is -0.479. The van der Waals surface area contributed by atoms with E-state index < -0.39 is 5.63 Å². The summed E-state index contributed by atoms with van der Waals surface area (Å²) in [7, 11) is 0. The molecule has 2 aromatic carbocycles. The van der Waals surface area contributed by atoms with Crippen molar-refractivity contribution >= 4 is 34.3 Å². The fraction of sp³-hybridized carbons (Fsp3) is 0.150. The molecular formula is C20H17ClN4O3S. The Morgan fingerprint density at radius 1 is 1.17 bits per heavy atom. The van der Waals surface area contributed by atoms with Crippen LogP contribution in [-0.4, -0.2) is 20.0 Å². The first-order valence-corrected chi connectivity index (χ1v) is 10.2. The van der Waals surface area contributed by atoms with Crippen molar-refractivity contribution in [1.82, 2.24) is 14.9 Å². The zero-order valence-electron chi connectivity index (χ0n) is 15.4. The Morgan fingerprint density at radius 2 is 1.93 bits per heavy atom. The number of aryl methyl sites for hydroxylation is 1. The summed E-state index contributed by atoms with van der Waals surface area (Å²) in [6.07, 6.45) is 0.662. The highest BCUT2D eigenvalue weighted by Gasteiger charge is 2.15. The molecule has 9 heteroatoms. The fourth-order valence-electron chi connectivity index (χ4n) is 3.02. The number of aromatic nitrogens is 3. The van der Waals surface area contributed by atoms with Gasteiger partial charge in [-0.15, -0.1) is 10.2 Å². The average Bonchev–Trinajstić information content (AvgIpc) is 3.06. The Morgan fingerprint density at radius 3 is 2.66 bits per heavy atom. The number of nitrogen functional groups attached to an aromatic ring is 1. The summed E-state index contributed by atoms with van der Waals surface area (Å²) in [5, 5.41) is 20.3. The first kappa shape index (κ1) is 19.4. The number of phenols is 1. The lowest BCUT2D eigenvalue weighted by Gasteiger charge is -2.08. The number of halogens is 1. The second kappa shape index (κ2) is 7.81. The van der Waals surface area contributed by atoms with Gasteiger partial charge in [0.15, 0.2) is 5.82 Å². The van der Waals surface area contributed by atoms with Gasteiger partial charge in [-0.2, -0.15) is 0 Å². The van der Waals surface area contributed by atoms with Gasteiger partial charge >= 0.3 is 5.63 Å². The summed E-state index contributed by atoms with van der Waals surface area (Å²) in [5.74, 6) is 7.23. The van der Waals surface area contributed by atoms with Gasteiger partial charge in [0.2, 0.25) is 5.16 Å². The number of rotatable bonds is 5. The minimum absolute atomic E-state index is 0.113. The molecule has 2 aromatic heterocycles. The maximum atomic E-state index is 11.9. The van der Waals surface area contributed by atoms with Crippen molar-refractivity contribution in [2.24, 2.45) is 0 Å². The molecule has 0 saturated heterocycles. The minimum Gasteiger partial charge on any atom is -0.508 e. The third-order valence-electron chi connectivity index (χ3n) is 4.53. The van der Waals surface area contributed by atoms with Gasteiger partial charge in [0, 0.05) is 33.9 Å². The number of phenolic OH excluding ortho intramolecular Hbond substituents is 1. The molecule has 0 radical (unpaired) electrons. The van der Waals surface area contributed by atoms with E-state index in [0.29, 0.717) is 33.8 Å². The molecule has 4 aromatic rings. The topological polar surface area (TPSA) is 107 Å². The van der Waals surface area contributed by atoms with E-state index in [4.69, 9.17) is 21.9 Å². The van der Waals surface area contributed by atoms with Gasteiger partial charge in [0.05, 0.1) is 0 Å². The van der Waals surface area contributed by atoms with Gasteiger partial charge in [0.25, 0.3) is 0 Å². The zero-order valence-corrected chi connectivity index (χ0v) is 17.0. The third kappa shape index (κ3) is 3.81. The fourth-order valence-corrected chi connectivity index (χ4v) is 4.00. The number of nitrogens with two attached hydrogens (primary N) is 1. The maximum absolute atomic E-state index is 11.9. The van der Waals surface area contributed by atoms with Crippen molar-refractivity contribution in [1.29, 1.82) is 0 Å². The number of nitrogens with zero attached hydrogens (tertiary/aromatic N) is 3. The molecular weight excluding hydrogens is 412 g/mol. The molecule has 0 bridgehead atoms. The molecule has 0 spiro atoms. The van der Waals surface area contributed by atoms with Crippen molar-refractivity contribution < 1.29 is 9.52 Å².